The summed E-state index contributed by atoms with van der Waals surface area (Å²) in [5.41, 5.74) is 10.4. The minimum atomic E-state index is 0.831. The zero-order chi connectivity index (χ0) is 15.2. The number of hydrogen-bond donors (Lipinski definition) is 1. The van der Waals surface area contributed by atoms with E-state index in [0.29, 0.717) is 0 Å². The Morgan fingerprint density at radius 1 is 1.19 bits per heavy atom. The molecule has 0 aliphatic heterocycles. The lowest BCUT2D eigenvalue weighted by atomic mass is 10.2. The highest BCUT2D eigenvalue weighted by molar-refractivity contribution is 5.40. The molecule has 21 heavy (non-hydrogen) atoms. The van der Waals surface area contributed by atoms with Crippen LogP contribution in [0.4, 0.5) is 5.69 Å². The Bertz CT molecular complexity index is 574. The number of benzene rings is 1. The van der Waals surface area contributed by atoms with Gasteiger partial charge in [0.25, 0.3) is 0 Å². The van der Waals surface area contributed by atoms with E-state index < -0.39 is 0 Å². The molecule has 4 nitrogen and oxygen atoms in total. The van der Waals surface area contributed by atoms with Crippen molar-refractivity contribution < 1.29 is 0 Å². The molecule has 0 aliphatic rings. The second-order valence-corrected chi connectivity index (χ2v) is 5.56. The van der Waals surface area contributed by atoms with Crippen molar-refractivity contribution in [1.82, 2.24) is 14.7 Å². The van der Waals surface area contributed by atoms with Crippen LogP contribution in [0.2, 0.25) is 0 Å². The SMILES string of the molecule is CCCN(Cc1cccc(N)c1)Cc1cc(CC)nn1C. The molecule has 0 bridgehead atoms. The fourth-order valence-electron chi connectivity index (χ4n) is 2.60. The molecule has 0 amide bonds. The number of nitrogen functional groups attached to an aromatic ring is 1. The molecule has 2 rings (SSSR count). The first-order valence-corrected chi connectivity index (χ1v) is 7.71. The third-order valence-corrected chi connectivity index (χ3v) is 3.67. The van der Waals surface area contributed by atoms with Gasteiger partial charge in [0.15, 0.2) is 0 Å². The largest absolute Gasteiger partial charge is 0.399 e. The van der Waals surface area contributed by atoms with Crippen molar-refractivity contribution in [1.29, 1.82) is 0 Å². The third kappa shape index (κ3) is 4.33. The molecular formula is C17H26N4. The van der Waals surface area contributed by atoms with Gasteiger partial charge in [0.1, 0.15) is 0 Å². The van der Waals surface area contributed by atoms with Gasteiger partial charge in [-0.2, -0.15) is 5.10 Å². The lowest BCUT2D eigenvalue weighted by Crippen LogP contribution is -2.25. The number of anilines is 1. The van der Waals surface area contributed by atoms with E-state index in [1.165, 1.54) is 11.3 Å². The summed E-state index contributed by atoms with van der Waals surface area (Å²) in [5, 5.41) is 4.53. The van der Waals surface area contributed by atoms with Gasteiger partial charge in [0.2, 0.25) is 0 Å². The zero-order valence-corrected chi connectivity index (χ0v) is 13.3. The number of aryl methyl sites for hydroxylation is 2. The van der Waals surface area contributed by atoms with E-state index in [-0.39, 0.29) is 0 Å². The first-order valence-electron chi connectivity index (χ1n) is 7.71. The molecule has 2 aromatic rings. The highest BCUT2D eigenvalue weighted by Crippen LogP contribution is 2.14. The Hall–Kier alpha value is -1.81. The molecule has 0 aliphatic carbocycles. The van der Waals surface area contributed by atoms with Crippen molar-refractivity contribution in [2.75, 3.05) is 12.3 Å². The highest BCUT2D eigenvalue weighted by atomic mass is 15.3. The lowest BCUT2D eigenvalue weighted by molar-refractivity contribution is 0.250. The maximum absolute atomic E-state index is 5.87. The molecule has 0 saturated carbocycles. The Kier molecular flexibility index (Phi) is 5.39. The number of nitrogens with zero attached hydrogens (tertiary/aromatic N) is 3. The predicted octanol–water partition coefficient (Wildman–Crippen LogP) is 2.98. The summed E-state index contributed by atoms with van der Waals surface area (Å²) in [6.45, 7) is 7.27. The summed E-state index contributed by atoms with van der Waals surface area (Å²) >= 11 is 0. The van der Waals surface area contributed by atoms with Crippen LogP contribution >= 0.6 is 0 Å². The number of nitrogens with two attached hydrogens (primary N) is 1. The van der Waals surface area contributed by atoms with E-state index in [4.69, 9.17) is 5.73 Å². The quantitative estimate of drug-likeness (QED) is 0.796. The van der Waals surface area contributed by atoms with Gasteiger partial charge in [0, 0.05) is 25.8 Å². The summed E-state index contributed by atoms with van der Waals surface area (Å²) in [6.07, 6.45) is 2.12. The van der Waals surface area contributed by atoms with Crippen LogP contribution in [0.5, 0.6) is 0 Å². The zero-order valence-electron chi connectivity index (χ0n) is 13.3. The molecule has 1 aromatic heterocycles. The van der Waals surface area contributed by atoms with E-state index in [1.807, 2.05) is 23.9 Å². The van der Waals surface area contributed by atoms with Crippen LogP contribution in [0.25, 0.3) is 0 Å². The van der Waals surface area contributed by atoms with E-state index in [9.17, 15) is 0 Å². The van der Waals surface area contributed by atoms with Gasteiger partial charge in [-0.15, -0.1) is 0 Å². The Morgan fingerprint density at radius 3 is 2.62 bits per heavy atom. The molecule has 2 N–H and O–H groups in total. The highest BCUT2D eigenvalue weighted by Gasteiger charge is 2.10. The van der Waals surface area contributed by atoms with Crippen LogP contribution in [0, 0.1) is 0 Å². The van der Waals surface area contributed by atoms with Crippen LogP contribution in [0.1, 0.15) is 37.2 Å². The molecule has 0 spiro atoms. The summed E-state index contributed by atoms with van der Waals surface area (Å²) < 4.78 is 2.00. The van der Waals surface area contributed by atoms with Crippen LogP contribution < -0.4 is 5.73 Å². The first-order chi connectivity index (χ1) is 10.1. The minimum absolute atomic E-state index is 0.831. The van der Waals surface area contributed by atoms with Gasteiger partial charge in [-0.25, -0.2) is 0 Å². The predicted molar refractivity (Wildman–Crippen MR) is 87.8 cm³/mol. The van der Waals surface area contributed by atoms with Crippen LogP contribution in [-0.2, 0) is 26.6 Å². The molecule has 1 aromatic carbocycles. The first kappa shape index (κ1) is 15.6. The second kappa shape index (κ2) is 7.27. The molecular weight excluding hydrogens is 260 g/mol. The van der Waals surface area contributed by atoms with E-state index in [1.54, 1.807) is 0 Å². The monoisotopic (exact) mass is 286 g/mol. The van der Waals surface area contributed by atoms with Gasteiger partial charge in [-0.3, -0.25) is 9.58 Å². The lowest BCUT2D eigenvalue weighted by Gasteiger charge is -2.22. The average molecular weight is 286 g/mol. The summed E-state index contributed by atoms with van der Waals surface area (Å²) in [5.74, 6) is 0. The van der Waals surface area contributed by atoms with Crippen molar-refractivity contribution in [2.24, 2.45) is 7.05 Å². The third-order valence-electron chi connectivity index (χ3n) is 3.67. The molecule has 114 valence electrons. The normalized spacial score (nSPS) is 11.2. The molecule has 1 heterocycles. The Morgan fingerprint density at radius 2 is 2.00 bits per heavy atom. The number of rotatable bonds is 7. The van der Waals surface area contributed by atoms with Crippen LogP contribution in [0.15, 0.2) is 30.3 Å². The van der Waals surface area contributed by atoms with Crippen molar-refractivity contribution in [3.05, 3.63) is 47.3 Å². The minimum Gasteiger partial charge on any atom is -0.399 e. The Labute approximate surface area is 127 Å². The maximum Gasteiger partial charge on any atom is 0.0625 e. The smallest absolute Gasteiger partial charge is 0.0625 e. The second-order valence-electron chi connectivity index (χ2n) is 5.56. The topological polar surface area (TPSA) is 47.1 Å². The summed E-state index contributed by atoms with van der Waals surface area (Å²) in [4.78, 5) is 2.45. The molecule has 4 heteroatoms. The van der Waals surface area contributed by atoms with Gasteiger partial charge in [0.05, 0.1) is 11.4 Å². The fraction of sp³-hybridized carbons (Fsp3) is 0.471. The van der Waals surface area contributed by atoms with E-state index in [2.05, 4.69) is 42.0 Å². The summed E-state index contributed by atoms with van der Waals surface area (Å²) in [6, 6.07) is 10.4. The fourth-order valence-corrected chi connectivity index (χ4v) is 2.60. The van der Waals surface area contributed by atoms with Crippen molar-refractivity contribution in [2.45, 2.75) is 39.8 Å². The van der Waals surface area contributed by atoms with Crippen LogP contribution in [0.3, 0.4) is 0 Å². The maximum atomic E-state index is 5.87. The molecule has 0 saturated heterocycles. The molecule has 0 radical (unpaired) electrons. The number of aromatic nitrogens is 2. The number of hydrogen-bond acceptors (Lipinski definition) is 3. The van der Waals surface area contributed by atoms with Crippen molar-refractivity contribution in [3.63, 3.8) is 0 Å². The van der Waals surface area contributed by atoms with Crippen molar-refractivity contribution in [3.8, 4) is 0 Å². The molecule has 0 unspecified atom stereocenters. The van der Waals surface area contributed by atoms with E-state index in [0.717, 1.165) is 43.9 Å². The average Bonchev–Trinajstić information content (AvgIpc) is 2.80. The summed E-state index contributed by atoms with van der Waals surface area (Å²) in [7, 11) is 2.03. The van der Waals surface area contributed by atoms with Crippen LogP contribution in [-0.4, -0.2) is 21.2 Å². The van der Waals surface area contributed by atoms with Gasteiger partial charge in [-0.1, -0.05) is 26.0 Å². The molecule has 0 atom stereocenters. The van der Waals surface area contributed by atoms with Gasteiger partial charge >= 0.3 is 0 Å². The van der Waals surface area contributed by atoms with E-state index >= 15 is 0 Å². The van der Waals surface area contributed by atoms with Gasteiger partial charge in [-0.05, 0) is 43.1 Å². The van der Waals surface area contributed by atoms with Gasteiger partial charge < -0.3 is 5.73 Å². The Balaban J connectivity index is 2.09. The van der Waals surface area contributed by atoms with Crippen molar-refractivity contribution >= 4 is 5.69 Å². The standard InChI is InChI=1S/C17H26N4/c1-4-9-21(12-14-7-6-8-15(18)10-14)13-17-11-16(5-2)19-20(17)3/h6-8,10-11H,4-5,9,12-13,18H2,1-3H3. The molecule has 0 fully saturated rings.